The van der Waals surface area contributed by atoms with Crippen molar-refractivity contribution >= 4 is 17.7 Å². The number of carbonyl (C=O) groups is 2. The molecule has 0 bridgehead atoms. The van der Waals surface area contributed by atoms with Crippen molar-refractivity contribution in [1.29, 1.82) is 0 Å². The number of carbonyl (C=O) groups excluding carboxylic acids is 1. The fourth-order valence-corrected chi connectivity index (χ4v) is 3.67. The highest BCUT2D eigenvalue weighted by Gasteiger charge is 2.22. The number of anilines is 1. The van der Waals surface area contributed by atoms with Crippen molar-refractivity contribution in [3.05, 3.63) is 60.4 Å². The second kappa shape index (κ2) is 11.9. The lowest BCUT2D eigenvalue weighted by atomic mass is 10.0. The fraction of sp³-hybridized carbons (Fsp3) is 0.435. The third kappa shape index (κ3) is 7.57. The number of pyridine rings is 1. The van der Waals surface area contributed by atoms with Crippen molar-refractivity contribution in [3.63, 3.8) is 0 Å². The molecule has 1 atom stereocenters. The van der Waals surface area contributed by atoms with Gasteiger partial charge in [-0.1, -0.05) is 30.3 Å². The first-order valence-electron chi connectivity index (χ1n) is 10.7. The summed E-state index contributed by atoms with van der Waals surface area (Å²) in [5, 5.41) is 15.4. The number of aliphatic carboxylic acids is 1. The van der Waals surface area contributed by atoms with E-state index in [2.05, 4.69) is 20.5 Å². The molecule has 3 rings (SSSR count). The van der Waals surface area contributed by atoms with Crippen LogP contribution in [0.1, 0.15) is 31.2 Å². The maximum absolute atomic E-state index is 11.9. The van der Waals surface area contributed by atoms with Crippen LogP contribution in [-0.4, -0.2) is 53.9 Å². The summed E-state index contributed by atoms with van der Waals surface area (Å²) in [5.74, 6) is -1.05. The fourth-order valence-electron chi connectivity index (χ4n) is 3.67. The van der Waals surface area contributed by atoms with Gasteiger partial charge in [0, 0.05) is 37.2 Å². The molecule has 2 aromatic rings. The van der Waals surface area contributed by atoms with E-state index in [1.165, 1.54) is 5.69 Å². The molecule has 1 fully saturated rings. The number of aromatic nitrogens is 1. The molecule has 0 saturated carbocycles. The van der Waals surface area contributed by atoms with E-state index in [-0.39, 0.29) is 6.61 Å². The third-order valence-electron chi connectivity index (χ3n) is 5.43. The largest absolute Gasteiger partial charge is 0.480 e. The number of carboxylic acids is 1. The van der Waals surface area contributed by atoms with E-state index in [0.717, 1.165) is 31.5 Å². The highest BCUT2D eigenvalue weighted by atomic mass is 16.5. The van der Waals surface area contributed by atoms with E-state index in [0.29, 0.717) is 25.4 Å². The zero-order valence-corrected chi connectivity index (χ0v) is 17.6. The first-order valence-corrected chi connectivity index (χ1v) is 10.7. The van der Waals surface area contributed by atoms with Crippen LogP contribution in [0.2, 0.25) is 0 Å². The number of amides is 1. The van der Waals surface area contributed by atoms with Crippen molar-refractivity contribution in [2.45, 2.75) is 44.4 Å². The SMILES string of the molecule is O=C(N[C@@H](CCCNC1CCN(c2ccncc2)CC1)C(=O)O)OCc1ccccc1. The van der Waals surface area contributed by atoms with Gasteiger partial charge >= 0.3 is 12.1 Å². The molecule has 0 spiro atoms. The van der Waals surface area contributed by atoms with Crippen LogP contribution in [0.3, 0.4) is 0 Å². The maximum atomic E-state index is 11.9. The quantitative estimate of drug-likeness (QED) is 0.502. The molecule has 31 heavy (non-hydrogen) atoms. The molecular weight excluding hydrogens is 396 g/mol. The Labute approximate surface area is 182 Å². The van der Waals surface area contributed by atoms with Crippen molar-refractivity contribution in [1.82, 2.24) is 15.6 Å². The standard InChI is InChI=1S/C23H30N4O4/c28-22(29)21(26-23(30)31-17-18-5-2-1-3-6-18)7-4-12-25-19-10-15-27(16-11-19)20-8-13-24-14-9-20/h1-3,5-6,8-9,13-14,19,21,25H,4,7,10-12,15-17H2,(H,26,30)(H,28,29)/t21-/m0/s1. The molecule has 1 aliphatic rings. The molecule has 8 nitrogen and oxygen atoms in total. The molecule has 1 aliphatic heterocycles. The number of nitrogens with one attached hydrogen (secondary N) is 2. The van der Waals surface area contributed by atoms with Gasteiger partial charge in [-0.05, 0) is 49.9 Å². The number of benzene rings is 1. The summed E-state index contributed by atoms with van der Waals surface area (Å²) in [5.41, 5.74) is 2.05. The van der Waals surface area contributed by atoms with Crippen LogP contribution in [0.5, 0.6) is 0 Å². The third-order valence-corrected chi connectivity index (χ3v) is 5.43. The van der Waals surface area contributed by atoms with Gasteiger partial charge in [0.2, 0.25) is 0 Å². The van der Waals surface area contributed by atoms with E-state index in [9.17, 15) is 14.7 Å². The van der Waals surface area contributed by atoms with Gasteiger partial charge in [0.05, 0.1) is 0 Å². The average Bonchev–Trinajstić information content (AvgIpc) is 2.81. The minimum Gasteiger partial charge on any atom is -0.480 e. The van der Waals surface area contributed by atoms with E-state index >= 15 is 0 Å². The summed E-state index contributed by atoms with van der Waals surface area (Å²) in [6.45, 7) is 2.78. The predicted octanol–water partition coefficient (Wildman–Crippen LogP) is 2.80. The molecule has 1 aromatic carbocycles. The molecule has 2 heterocycles. The van der Waals surface area contributed by atoms with Crippen molar-refractivity contribution in [3.8, 4) is 0 Å². The van der Waals surface area contributed by atoms with E-state index < -0.39 is 18.1 Å². The van der Waals surface area contributed by atoms with E-state index in [1.807, 2.05) is 54.9 Å². The van der Waals surface area contributed by atoms with Crippen molar-refractivity contribution in [2.75, 3.05) is 24.5 Å². The van der Waals surface area contributed by atoms with Crippen LogP contribution >= 0.6 is 0 Å². The first kappa shape index (κ1) is 22.6. The normalized spacial score (nSPS) is 15.3. The number of ether oxygens (including phenoxy) is 1. The molecule has 1 amide bonds. The lowest BCUT2D eigenvalue weighted by Gasteiger charge is -2.34. The van der Waals surface area contributed by atoms with Gasteiger partial charge in [-0.3, -0.25) is 4.98 Å². The summed E-state index contributed by atoms with van der Waals surface area (Å²) in [7, 11) is 0. The first-order chi connectivity index (χ1) is 15.1. The molecule has 1 saturated heterocycles. The van der Waals surface area contributed by atoms with Gasteiger partial charge in [0.1, 0.15) is 12.6 Å². The highest BCUT2D eigenvalue weighted by molar-refractivity contribution is 5.79. The minimum atomic E-state index is -1.05. The van der Waals surface area contributed by atoms with E-state index in [1.54, 1.807) is 0 Å². The van der Waals surface area contributed by atoms with Gasteiger partial charge in [-0.2, -0.15) is 0 Å². The molecule has 0 aliphatic carbocycles. The second-order valence-corrected chi connectivity index (χ2v) is 7.66. The number of alkyl carbamates (subject to hydrolysis) is 1. The minimum absolute atomic E-state index is 0.110. The van der Waals surface area contributed by atoms with Crippen molar-refractivity contribution in [2.24, 2.45) is 0 Å². The summed E-state index contributed by atoms with van der Waals surface area (Å²) in [6.07, 6.45) is 5.98. The van der Waals surface area contributed by atoms with Gasteiger partial charge in [-0.25, -0.2) is 9.59 Å². The molecule has 1 aromatic heterocycles. The zero-order valence-electron chi connectivity index (χ0n) is 17.6. The summed E-state index contributed by atoms with van der Waals surface area (Å²) in [4.78, 5) is 29.8. The van der Waals surface area contributed by atoms with Crippen molar-refractivity contribution < 1.29 is 19.4 Å². The summed E-state index contributed by atoms with van der Waals surface area (Å²) < 4.78 is 5.12. The Hall–Kier alpha value is -3.13. The Bertz CT molecular complexity index is 811. The Morgan fingerprint density at radius 3 is 2.52 bits per heavy atom. The van der Waals surface area contributed by atoms with Gasteiger partial charge in [0.15, 0.2) is 0 Å². The number of hydrogen-bond donors (Lipinski definition) is 3. The predicted molar refractivity (Wildman–Crippen MR) is 118 cm³/mol. The number of hydrogen-bond acceptors (Lipinski definition) is 6. The summed E-state index contributed by atoms with van der Waals surface area (Å²) >= 11 is 0. The number of piperidine rings is 1. The topological polar surface area (TPSA) is 104 Å². The highest BCUT2D eigenvalue weighted by Crippen LogP contribution is 2.18. The number of rotatable bonds is 10. The summed E-state index contributed by atoms with van der Waals surface area (Å²) in [6, 6.07) is 12.8. The van der Waals surface area contributed by atoms with Crippen LogP contribution in [0.25, 0.3) is 0 Å². The van der Waals surface area contributed by atoms with Crippen LogP contribution < -0.4 is 15.5 Å². The lowest BCUT2D eigenvalue weighted by molar-refractivity contribution is -0.139. The molecular formula is C23H30N4O4. The Balaban J connectivity index is 1.31. The molecule has 8 heteroatoms. The van der Waals surface area contributed by atoms with E-state index in [4.69, 9.17) is 4.74 Å². The lowest BCUT2D eigenvalue weighted by Crippen LogP contribution is -2.44. The molecule has 0 unspecified atom stereocenters. The van der Waals surface area contributed by atoms with Crippen LogP contribution in [0.15, 0.2) is 54.9 Å². The molecule has 0 radical (unpaired) electrons. The monoisotopic (exact) mass is 426 g/mol. The molecule has 166 valence electrons. The van der Waals surface area contributed by atoms with Crippen LogP contribution in [-0.2, 0) is 16.1 Å². The van der Waals surface area contributed by atoms with Gasteiger partial charge in [0.25, 0.3) is 0 Å². The zero-order chi connectivity index (χ0) is 21.9. The van der Waals surface area contributed by atoms with Crippen LogP contribution in [0, 0.1) is 0 Å². The molecule has 3 N–H and O–H groups in total. The van der Waals surface area contributed by atoms with Gasteiger partial charge in [-0.15, -0.1) is 0 Å². The average molecular weight is 427 g/mol. The smallest absolute Gasteiger partial charge is 0.408 e. The van der Waals surface area contributed by atoms with Crippen LogP contribution in [0.4, 0.5) is 10.5 Å². The number of nitrogens with zero attached hydrogens (tertiary/aromatic N) is 2. The second-order valence-electron chi connectivity index (χ2n) is 7.66. The Morgan fingerprint density at radius 2 is 1.84 bits per heavy atom. The van der Waals surface area contributed by atoms with Gasteiger partial charge < -0.3 is 25.4 Å². The Kier molecular flexibility index (Phi) is 8.66. The number of carboxylic acid groups (broad SMARTS) is 1. The Morgan fingerprint density at radius 1 is 1.13 bits per heavy atom. The maximum Gasteiger partial charge on any atom is 0.408 e.